The van der Waals surface area contributed by atoms with Crippen LogP contribution >= 0.6 is 0 Å². The van der Waals surface area contributed by atoms with Crippen LogP contribution in [0.5, 0.6) is 0 Å². The molecule has 2 aliphatic rings. The van der Waals surface area contributed by atoms with Crippen molar-refractivity contribution in [3.63, 3.8) is 0 Å². The highest BCUT2D eigenvalue weighted by Gasteiger charge is 2.41. The van der Waals surface area contributed by atoms with Gasteiger partial charge in [0, 0.05) is 25.2 Å². The fraction of sp³-hybridized carbons (Fsp3) is 0.846. The van der Waals surface area contributed by atoms with Gasteiger partial charge >= 0.3 is 0 Å². The van der Waals surface area contributed by atoms with Gasteiger partial charge in [-0.05, 0) is 40.2 Å². The zero-order chi connectivity index (χ0) is 14.2. The Kier molecular flexibility index (Phi) is 3.71. The van der Waals surface area contributed by atoms with Crippen LogP contribution in [0.4, 0.5) is 0 Å². The van der Waals surface area contributed by atoms with Gasteiger partial charge in [0.05, 0.1) is 0 Å². The maximum atomic E-state index is 12.6. The van der Waals surface area contributed by atoms with Crippen molar-refractivity contribution < 1.29 is 10.0 Å². The first kappa shape index (κ1) is 14.1. The summed E-state index contributed by atoms with van der Waals surface area (Å²) in [6.07, 6.45) is 3.38. The number of rotatable bonds is 2. The molecule has 2 heterocycles. The molecule has 0 spiro atoms. The van der Waals surface area contributed by atoms with Gasteiger partial charge in [0.1, 0.15) is 5.41 Å². The highest BCUT2D eigenvalue weighted by Crippen LogP contribution is 2.30. The van der Waals surface area contributed by atoms with Gasteiger partial charge in [-0.3, -0.25) is 9.69 Å². The fourth-order valence-electron chi connectivity index (χ4n) is 3.12. The maximum Gasteiger partial charge on any atom is 0.236 e. The number of carbonyl (C=O) groups is 1. The van der Waals surface area contributed by atoms with Gasteiger partial charge in [-0.15, -0.1) is 0 Å². The lowest BCUT2D eigenvalue weighted by Gasteiger charge is -2.32. The predicted molar refractivity (Wildman–Crippen MR) is 73.0 cm³/mol. The van der Waals surface area contributed by atoms with E-state index in [1.165, 1.54) is 6.42 Å². The van der Waals surface area contributed by atoms with E-state index in [0.717, 1.165) is 25.9 Å². The van der Waals surface area contributed by atoms with Crippen LogP contribution in [0.25, 0.3) is 0 Å². The number of hydrogen-bond acceptors (Lipinski definition) is 4. The van der Waals surface area contributed by atoms with Gasteiger partial charge in [0.15, 0.2) is 5.84 Å². The van der Waals surface area contributed by atoms with Crippen LogP contribution in [0.3, 0.4) is 0 Å². The monoisotopic (exact) mass is 268 g/mol. The lowest BCUT2D eigenvalue weighted by molar-refractivity contribution is -0.137. The molecule has 108 valence electrons. The second-order valence-corrected chi connectivity index (χ2v) is 6.20. The third kappa shape index (κ3) is 2.41. The molecule has 0 aromatic carbocycles. The summed E-state index contributed by atoms with van der Waals surface area (Å²) in [5.74, 6) is -0.0796. The van der Waals surface area contributed by atoms with Gasteiger partial charge in [0.2, 0.25) is 5.91 Å². The van der Waals surface area contributed by atoms with E-state index in [4.69, 9.17) is 10.9 Å². The smallest absolute Gasteiger partial charge is 0.236 e. The molecule has 2 fully saturated rings. The van der Waals surface area contributed by atoms with E-state index in [2.05, 4.69) is 17.1 Å². The van der Waals surface area contributed by atoms with Crippen molar-refractivity contribution >= 4 is 11.7 Å². The summed E-state index contributed by atoms with van der Waals surface area (Å²) in [6.45, 7) is 4.91. The first-order valence-electron chi connectivity index (χ1n) is 6.87. The van der Waals surface area contributed by atoms with E-state index in [9.17, 15) is 4.79 Å². The molecule has 0 aliphatic carbocycles. The lowest BCUT2D eigenvalue weighted by atomic mass is 9.89. The molecule has 2 bridgehead atoms. The molecular formula is C13H24N4O2. The normalized spacial score (nSPS) is 29.4. The van der Waals surface area contributed by atoms with Crippen LogP contribution in [-0.4, -0.2) is 59.0 Å². The number of oxime groups is 1. The second kappa shape index (κ2) is 5.00. The van der Waals surface area contributed by atoms with Gasteiger partial charge < -0.3 is 15.8 Å². The molecule has 19 heavy (non-hydrogen) atoms. The fourth-order valence-corrected chi connectivity index (χ4v) is 3.12. The minimum atomic E-state index is -0.948. The Morgan fingerprint density at radius 2 is 1.95 bits per heavy atom. The number of amides is 1. The molecule has 0 aromatic rings. The number of nitrogens with zero attached hydrogens (tertiary/aromatic N) is 3. The third-order valence-electron chi connectivity index (χ3n) is 4.72. The summed E-state index contributed by atoms with van der Waals surface area (Å²) in [5.41, 5.74) is 4.70. The van der Waals surface area contributed by atoms with Crippen LogP contribution < -0.4 is 5.73 Å². The Morgan fingerprint density at radius 1 is 1.32 bits per heavy atom. The average Bonchev–Trinajstić information content (AvgIpc) is 2.61. The first-order valence-corrected chi connectivity index (χ1v) is 6.87. The number of amidine groups is 1. The standard InChI is InChI=1S/C13H24N4O2/c1-13(2,11(14)15-19)12(18)17-7-6-9-4-5-10(8-17)16(9)3/h9-10,19H,4-8H2,1-3H3,(H2,14,15). The molecule has 0 radical (unpaired) electrons. The van der Waals surface area contributed by atoms with Crippen molar-refractivity contribution in [2.75, 3.05) is 20.1 Å². The van der Waals surface area contributed by atoms with E-state index in [1.807, 2.05) is 4.90 Å². The largest absolute Gasteiger partial charge is 0.409 e. The Bertz CT molecular complexity index is 394. The van der Waals surface area contributed by atoms with Crippen molar-refractivity contribution in [3.8, 4) is 0 Å². The highest BCUT2D eigenvalue weighted by molar-refractivity contribution is 6.05. The van der Waals surface area contributed by atoms with E-state index in [1.54, 1.807) is 13.8 Å². The number of likely N-dealkylation sites (tertiary alicyclic amines) is 1. The zero-order valence-electron chi connectivity index (χ0n) is 12.0. The first-order chi connectivity index (χ1) is 8.87. The molecule has 2 rings (SSSR count). The Balaban J connectivity index is 2.12. The maximum absolute atomic E-state index is 12.6. The van der Waals surface area contributed by atoms with Gasteiger partial charge in [0.25, 0.3) is 0 Å². The summed E-state index contributed by atoms with van der Waals surface area (Å²) < 4.78 is 0. The van der Waals surface area contributed by atoms with Crippen molar-refractivity contribution in [2.45, 2.75) is 45.2 Å². The Labute approximate surface area is 114 Å². The van der Waals surface area contributed by atoms with Gasteiger partial charge in [-0.2, -0.15) is 0 Å². The van der Waals surface area contributed by atoms with Gasteiger partial charge in [-0.25, -0.2) is 0 Å². The topological polar surface area (TPSA) is 82.2 Å². The molecule has 2 saturated heterocycles. The molecule has 2 atom stereocenters. The Morgan fingerprint density at radius 3 is 2.58 bits per heavy atom. The zero-order valence-corrected chi connectivity index (χ0v) is 12.0. The number of nitrogens with two attached hydrogens (primary N) is 1. The van der Waals surface area contributed by atoms with Crippen molar-refractivity contribution in [1.82, 2.24) is 9.80 Å². The van der Waals surface area contributed by atoms with Crippen molar-refractivity contribution in [1.29, 1.82) is 0 Å². The molecule has 3 N–H and O–H groups in total. The molecule has 2 aliphatic heterocycles. The molecule has 0 saturated carbocycles. The SMILES string of the molecule is CN1C2CCC1CN(C(=O)C(C)(C)C(N)=NO)CC2. The molecule has 6 heteroatoms. The number of fused-ring (bicyclic) bond motifs is 2. The van der Waals surface area contributed by atoms with Crippen molar-refractivity contribution in [2.24, 2.45) is 16.3 Å². The summed E-state index contributed by atoms with van der Waals surface area (Å²) in [4.78, 5) is 16.9. The minimum Gasteiger partial charge on any atom is -0.409 e. The number of carbonyl (C=O) groups excluding carboxylic acids is 1. The molecule has 6 nitrogen and oxygen atoms in total. The molecular weight excluding hydrogens is 244 g/mol. The van der Waals surface area contributed by atoms with Crippen LogP contribution in [-0.2, 0) is 4.79 Å². The summed E-state index contributed by atoms with van der Waals surface area (Å²) in [5, 5.41) is 11.8. The summed E-state index contributed by atoms with van der Waals surface area (Å²) in [7, 11) is 2.14. The average molecular weight is 268 g/mol. The lowest BCUT2D eigenvalue weighted by Crippen LogP contribution is -2.50. The van der Waals surface area contributed by atoms with E-state index in [-0.39, 0.29) is 11.7 Å². The van der Waals surface area contributed by atoms with Crippen molar-refractivity contribution in [3.05, 3.63) is 0 Å². The van der Waals surface area contributed by atoms with E-state index >= 15 is 0 Å². The molecule has 2 unspecified atom stereocenters. The van der Waals surface area contributed by atoms with Crippen LogP contribution in [0, 0.1) is 5.41 Å². The molecule has 1 amide bonds. The van der Waals surface area contributed by atoms with E-state index < -0.39 is 5.41 Å². The van der Waals surface area contributed by atoms with Crippen LogP contribution in [0.15, 0.2) is 5.16 Å². The molecule has 0 aromatic heterocycles. The highest BCUT2D eigenvalue weighted by atomic mass is 16.4. The Hall–Kier alpha value is -1.30. The second-order valence-electron chi connectivity index (χ2n) is 6.20. The number of hydrogen-bond donors (Lipinski definition) is 2. The summed E-state index contributed by atoms with van der Waals surface area (Å²) >= 11 is 0. The van der Waals surface area contributed by atoms with Crippen LogP contribution in [0.2, 0.25) is 0 Å². The third-order valence-corrected chi connectivity index (χ3v) is 4.72. The quantitative estimate of drug-likeness (QED) is 0.330. The summed E-state index contributed by atoms with van der Waals surface area (Å²) in [6, 6.07) is 1.04. The van der Waals surface area contributed by atoms with E-state index in [0.29, 0.717) is 12.1 Å². The number of likely N-dealkylation sites (N-methyl/N-ethyl adjacent to an activating group) is 1. The minimum absolute atomic E-state index is 0.0275. The van der Waals surface area contributed by atoms with Gasteiger partial charge in [-0.1, -0.05) is 5.16 Å². The predicted octanol–water partition coefficient (Wildman–Crippen LogP) is 0.454. The van der Waals surface area contributed by atoms with Crippen LogP contribution in [0.1, 0.15) is 33.1 Å².